The minimum atomic E-state index is -0.359. The maximum absolute atomic E-state index is 11.2. The highest BCUT2D eigenvalue weighted by Crippen LogP contribution is 2.39. The van der Waals surface area contributed by atoms with Crippen molar-refractivity contribution < 1.29 is 14.4 Å². The predicted molar refractivity (Wildman–Crippen MR) is 96.6 cm³/mol. The number of aromatic nitrogens is 2. The summed E-state index contributed by atoms with van der Waals surface area (Å²) in [4.78, 5) is 13.2. The second-order valence-electron chi connectivity index (χ2n) is 6.50. The quantitative estimate of drug-likeness (QED) is 0.581. The molecule has 2 heterocycles. The molecule has 0 N–H and O–H groups in total. The highest BCUT2D eigenvalue weighted by Gasteiger charge is 2.30. The summed E-state index contributed by atoms with van der Waals surface area (Å²) < 4.78 is 12.6. The molecule has 1 aliphatic rings. The zero-order chi connectivity index (χ0) is 18.8. The molecule has 1 fully saturated rings. The molecule has 8 heteroatoms. The van der Waals surface area contributed by atoms with E-state index in [2.05, 4.69) is 10.00 Å². The molecular weight excluding hydrogens is 336 g/mol. The Balaban J connectivity index is 1.88. The van der Waals surface area contributed by atoms with Gasteiger partial charge in [0.05, 0.1) is 25.8 Å². The monoisotopic (exact) mass is 360 g/mol. The van der Waals surface area contributed by atoms with Gasteiger partial charge in [0.1, 0.15) is 22.9 Å². The van der Waals surface area contributed by atoms with E-state index in [9.17, 15) is 10.1 Å². The Labute approximate surface area is 152 Å². The molecule has 140 valence electrons. The van der Waals surface area contributed by atoms with E-state index in [0.29, 0.717) is 18.1 Å². The molecule has 1 saturated heterocycles. The summed E-state index contributed by atoms with van der Waals surface area (Å²) in [6, 6.07) is 6.03. The van der Waals surface area contributed by atoms with E-state index in [1.807, 2.05) is 18.2 Å². The Morgan fingerprint density at radius 3 is 2.69 bits per heavy atom. The lowest BCUT2D eigenvalue weighted by Crippen LogP contribution is -2.27. The van der Waals surface area contributed by atoms with Crippen LogP contribution in [0.25, 0.3) is 0 Å². The van der Waals surface area contributed by atoms with Crippen LogP contribution < -0.4 is 9.47 Å². The number of nitrogens with zero attached hydrogens (tertiary/aromatic N) is 4. The van der Waals surface area contributed by atoms with Gasteiger partial charge < -0.3 is 9.47 Å². The molecule has 0 bridgehead atoms. The molecule has 2 aromatic rings. The maximum Gasteiger partial charge on any atom is 0.312 e. The maximum atomic E-state index is 11.2. The van der Waals surface area contributed by atoms with E-state index >= 15 is 0 Å². The van der Waals surface area contributed by atoms with Gasteiger partial charge in [-0.2, -0.15) is 5.10 Å². The van der Waals surface area contributed by atoms with Crippen LogP contribution in [0.4, 0.5) is 5.69 Å². The molecule has 0 radical (unpaired) electrons. The molecule has 0 amide bonds. The van der Waals surface area contributed by atoms with Crippen LogP contribution in [0.1, 0.15) is 35.8 Å². The van der Waals surface area contributed by atoms with E-state index in [0.717, 1.165) is 36.4 Å². The van der Waals surface area contributed by atoms with Gasteiger partial charge >= 0.3 is 5.69 Å². The number of methoxy groups -OCH3 is 2. The van der Waals surface area contributed by atoms with Crippen molar-refractivity contribution in [3.05, 3.63) is 45.3 Å². The average molecular weight is 360 g/mol. The number of hydrogen-bond acceptors (Lipinski definition) is 6. The van der Waals surface area contributed by atoms with Crippen LogP contribution in [0.15, 0.2) is 18.2 Å². The molecule has 1 aliphatic heterocycles. The molecule has 8 nitrogen and oxygen atoms in total. The summed E-state index contributed by atoms with van der Waals surface area (Å²) in [5.74, 6) is 1.55. The fraction of sp³-hybridized carbons (Fsp3) is 0.500. The topological polar surface area (TPSA) is 82.7 Å². The van der Waals surface area contributed by atoms with Crippen molar-refractivity contribution in [2.75, 3.05) is 20.8 Å². The van der Waals surface area contributed by atoms with Gasteiger partial charge in [-0.1, -0.05) is 6.07 Å². The van der Waals surface area contributed by atoms with Crippen molar-refractivity contribution in [1.82, 2.24) is 14.7 Å². The first kappa shape index (κ1) is 18.2. The first-order valence-electron chi connectivity index (χ1n) is 8.60. The van der Waals surface area contributed by atoms with Gasteiger partial charge in [-0.15, -0.1) is 0 Å². The third-order valence-corrected chi connectivity index (χ3v) is 5.00. The average Bonchev–Trinajstić information content (AvgIpc) is 3.18. The molecule has 1 aromatic heterocycles. The van der Waals surface area contributed by atoms with Gasteiger partial charge in [0, 0.05) is 24.2 Å². The van der Waals surface area contributed by atoms with Crippen molar-refractivity contribution in [3.8, 4) is 11.5 Å². The summed E-state index contributed by atoms with van der Waals surface area (Å²) in [6.07, 6.45) is 2.06. The van der Waals surface area contributed by atoms with Gasteiger partial charge in [-0.3, -0.25) is 15.0 Å². The molecule has 26 heavy (non-hydrogen) atoms. The van der Waals surface area contributed by atoms with E-state index in [1.54, 1.807) is 32.7 Å². The molecule has 3 rings (SSSR count). The number of hydrogen-bond donors (Lipinski definition) is 0. The SMILES string of the molecule is COc1ccc([C@H]2CCCN2Cn2nc(C)c([N+](=O)[O-])c2C)c(OC)c1. The van der Waals surface area contributed by atoms with Gasteiger partial charge in [0.15, 0.2) is 0 Å². The van der Waals surface area contributed by atoms with Crippen molar-refractivity contribution >= 4 is 5.69 Å². The smallest absolute Gasteiger partial charge is 0.312 e. The third kappa shape index (κ3) is 3.24. The first-order valence-corrected chi connectivity index (χ1v) is 8.60. The van der Waals surface area contributed by atoms with Crippen molar-refractivity contribution in [3.63, 3.8) is 0 Å². The van der Waals surface area contributed by atoms with Crippen LogP contribution >= 0.6 is 0 Å². The standard InChI is InChI=1S/C18H24N4O4/c1-12-18(22(23)24)13(2)21(19-12)11-20-9-5-6-16(20)15-8-7-14(25-3)10-17(15)26-4/h7-8,10,16H,5-6,9,11H2,1-4H3/t16-/m1/s1. The van der Waals surface area contributed by atoms with Gasteiger partial charge in [-0.25, -0.2) is 4.68 Å². The van der Waals surface area contributed by atoms with Crippen LogP contribution in [-0.2, 0) is 6.67 Å². The van der Waals surface area contributed by atoms with Gasteiger partial charge in [0.25, 0.3) is 0 Å². The zero-order valence-electron chi connectivity index (χ0n) is 15.6. The Bertz CT molecular complexity index is 818. The molecule has 1 aromatic carbocycles. The Hall–Kier alpha value is -2.61. The fourth-order valence-corrected chi connectivity index (χ4v) is 3.70. The minimum Gasteiger partial charge on any atom is -0.497 e. The van der Waals surface area contributed by atoms with Crippen LogP contribution in [0, 0.1) is 24.0 Å². The number of benzene rings is 1. The van der Waals surface area contributed by atoms with E-state index in [-0.39, 0.29) is 16.7 Å². The van der Waals surface area contributed by atoms with Gasteiger partial charge in [-0.05, 0) is 32.8 Å². The van der Waals surface area contributed by atoms with Crippen molar-refractivity contribution in [2.45, 2.75) is 39.4 Å². The van der Waals surface area contributed by atoms with E-state index in [4.69, 9.17) is 9.47 Å². The molecule has 0 aliphatic carbocycles. The van der Waals surface area contributed by atoms with Crippen molar-refractivity contribution in [1.29, 1.82) is 0 Å². The first-order chi connectivity index (χ1) is 12.5. The number of ether oxygens (including phenoxy) is 2. The second-order valence-corrected chi connectivity index (χ2v) is 6.50. The Morgan fingerprint density at radius 2 is 2.08 bits per heavy atom. The number of likely N-dealkylation sites (tertiary alicyclic amines) is 1. The van der Waals surface area contributed by atoms with Crippen LogP contribution in [0.2, 0.25) is 0 Å². The molecule has 0 saturated carbocycles. The summed E-state index contributed by atoms with van der Waals surface area (Å²) in [7, 11) is 3.29. The molecule has 0 spiro atoms. The fourth-order valence-electron chi connectivity index (χ4n) is 3.70. The van der Waals surface area contributed by atoms with Crippen molar-refractivity contribution in [2.24, 2.45) is 0 Å². The summed E-state index contributed by atoms with van der Waals surface area (Å²) in [5.41, 5.74) is 2.23. The van der Waals surface area contributed by atoms with Gasteiger partial charge in [0.2, 0.25) is 0 Å². The van der Waals surface area contributed by atoms with E-state index < -0.39 is 0 Å². The van der Waals surface area contributed by atoms with Crippen LogP contribution in [-0.4, -0.2) is 40.4 Å². The Morgan fingerprint density at radius 1 is 1.31 bits per heavy atom. The van der Waals surface area contributed by atoms with E-state index in [1.165, 1.54) is 0 Å². The zero-order valence-corrected chi connectivity index (χ0v) is 15.6. The lowest BCUT2D eigenvalue weighted by molar-refractivity contribution is -0.386. The summed E-state index contributed by atoms with van der Waals surface area (Å²) in [6.45, 7) is 4.85. The van der Waals surface area contributed by atoms with Crippen LogP contribution in [0.3, 0.4) is 0 Å². The largest absolute Gasteiger partial charge is 0.497 e. The second kappa shape index (κ2) is 7.33. The number of aryl methyl sites for hydroxylation is 1. The lowest BCUT2D eigenvalue weighted by Gasteiger charge is -2.26. The highest BCUT2D eigenvalue weighted by atomic mass is 16.6. The number of rotatable bonds is 6. The summed E-state index contributed by atoms with van der Waals surface area (Å²) >= 11 is 0. The normalized spacial score (nSPS) is 17.5. The summed E-state index contributed by atoms with van der Waals surface area (Å²) in [5, 5.41) is 15.6. The molecule has 1 atom stereocenters. The minimum absolute atomic E-state index is 0.0998. The number of nitro groups is 1. The third-order valence-electron chi connectivity index (χ3n) is 5.00. The molecule has 0 unspecified atom stereocenters. The lowest BCUT2D eigenvalue weighted by atomic mass is 10.0. The Kier molecular flexibility index (Phi) is 5.13. The highest BCUT2D eigenvalue weighted by molar-refractivity contribution is 5.43. The molecular formula is C18H24N4O4. The van der Waals surface area contributed by atoms with Crippen LogP contribution in [0.5, 0.6) is 11.5 Å². The predicted octanol–water partition coefficient (Wildman–Crippen LogP) is 3.22.